The second-order valence-electron chi connectivity index (χ2n) is 4.64. The molecule has 0 saturated heterocycles. The van der Waals surface area contributed by atoms with Crippen LogP contribution in [-0.4, -0.2) is 21.6 Å². The van der Waals surface area contributed by atoms with Crippen molar-refractivity contribution >= 4 is 0 Å². The summed E-state index contributed by atoms with van der Waals surface area (Å²) in [6.45, 7) is 0.809. The zero-order valence-corrected chi connectivity index (χ0v) is 10.5. The quantitative estimate of drug-likeness (QED) is 0.921. The molecule has 2 aromatic rings. The molecule has 2 rings (SSSR count). The Kier molecular flexibility index (Phi) is 3.48. The van der Waals surface area contributed by atoms with Gasteiger partial charge in [-0.1, -0.05) is 5.21 Å². The van der Waals surface area contributed by atoms with Crippen molar-refractivity contribution in [1.82, 2.24) is 15.0 Å². The molecule has 0 atom stereocenters. The van der Waals surface area contributed by atoms with Gasteiger partial charge < -0.3 is 10.5 Å². The molecule has 102 valence electrons. The molecular weight excluding hydrogens is 254 g/mol. The van der Waals surface area contributed by atoms with E-state index in [2.05, 4.69) is 15.0 Å². The Bertz CT molecular complexity index is 546. The highest BCUT2D eigenvalue weighted by atomic mass is 19.3. The van der Waals surface area contributed by atoms with E-state index in [4.69, 9.17) is 5.73 Å². The van der Waals surface area contributed by atoms with Gasteiger partial charge in [-0.25, -0.2) is 4.68 Å². The lowest BCUT2D eigenvalue weighted by Gasteiger charge is -2.13. The van der Waals surface area contributed by atoms with Gasteiger partial charge in [0.15, 0.2) is 0 Å². The van der Waals surface area contributed by atoms with Gasteiger partial charge in [0.1, 0.15) is 11.4 Å². The highest BCUT2D eigenvalue weighted by molar-refractivity contribution is 5.36. The molecule has 0 radical (unpaired) electrons. The summed E-state index contributed by atoms with van der Waals surface area (Å²) in [5.74, 6) is 0.0956. The number of rotatable bonds is 4. The average Bonchev–Trinajstić information content (AvgIpc) is 2.78. The fraction of sp³-hybridized carbons (Fsp3) is 0.333. The van der Waals surface area contributed by atoms with Gasteiger partial charge in [-0.2, -0.15) is 8.78 Å². The number of hydrogen-bond acceptors (Lipinski definition) is 4. The van der Waals surface area contributed by atoms with Gasteiger partial charge in [-0.3, -0.25) is 0 Å². The van der Waals surface area contributed by atoms with Crippen molar-refractivity contribution in [2.75, 3.05) is 0 Å². The summed E-state index contributed by atoms with van der Waals surface area (Å²) >= 11 is 0. The predicted molar refractivity (Wildman–Crippen MR) is 65.2 cm³/mol. The third-order valence-corrected chi connectivity index (χ3v) is 2.48. The molecule has 0 aliphatic rings. The maximum Gasteiger partial charge on any atom is 0.387 e. The maximum atomic E-state index is 12.0. The molecule has 1 heterocycles. The van der Waals surface area contributed by atoms with Crippen LogP contribution in [0.5, 0.6) is 5.75 Å². The highest BCUT2D eigenvalue weighted by Gasteiger charge is 2.18. The lowest BCUT2D eigenvalue weighted by Crippen LogP contribution is -2.29. The molecular formula is C12H14F2N4O. The first-order chi connectivity index (χ1) is 8.86. The molecule has 0 unspecified atom stereocenters. The molecule has 1 aromatic carbocycles. The summed E-state index contributed by atoms with van der Waals surface area (Å²) in [5.41, 5.74) is 6.65. The topological polar surface area (TPSA) is 66.0 Å². The minimum absolute atomic E-state index is 0.0956. The van der Waals surface area contributed by atoms with Crippen LogP contribution in [0.15, 0.2) is 30.5 Å². The van der Waals surface area contributed by atoms with Gasteiger partial charge >= 0.3 is 6.61 Å². The zero-order valence-electron chi connectivity index (χ0n) is 10.5. The monoisotopic (exact) mass is 268 g/mol. The van der Waals surface area contributed by atoms with Crippen LogP contribution in [0.3, 0.4) is 0 Å². The summed E-state index contributed by atoms with van der Waals surface area (Å²) < 4.78 is 29.8. The number of ether oxygens (including phenoxy) is 1. The van der Waals surface area contributed by atoms with Crippen molar-refractivity contribution in [2.45, 2.75) is 26.0 Å². The van der Waals surface area contributed by atoms with Crippen molar-refractivity contribution in [3.63, 3.8) is 0 Å². The van der Waals surface area contributed by atoms with Crippen molar-refractivity contribution in [3.05, 3.63) is 36.2 Å². The van der Waals surface area contributed by atoms with Crippen LogP contribution in [0.4, 0.5) is 8.78 Å². The smallest absolute Gasteiger partial charge is 0.387 e. The maximum absolute atomic E-state index is 12.0. The van der Waals surface area contributed by atoms with E-state index in [0.717, 1.165) is 0 Å². The van der Waals surface area contributed by atoms with E-state index >= 15 is 0 Å². The van der Waals surface area contributed by atoms with Crippen LogP contribution >= 0.6 is 0 Å². The number of aromatic nitrogens is 3. The fourth-order valence-electron chi connectivity index (χ4n) is 1.47. The Morgan fingerprint density at radius 1 is 1.26 bits per heavy atom. The number of halogens is 2. The second-order valence-corrected chi connectivity index (χ2v) is 4.64. The summed E-state index contributed by atoms with van der Waals surface area (Å²) in [7, 11) is 0. The molecule has 0 saturated carbocycles. The van der Waals surface area contributed by atoms with Gasteiger partial charge in [0.05, 0.1) is 17.4 Å². The molecule has 0 aliphatic heterocycles. The first kappa shape index (κ1) is 13.4. The van der Waals surface area contributed by atoms with Crippen LogP contribution in [0.2, 0.25) is 0 Å². The minimum Gasteiger partial charge on any atom is -0.435 e. The normalized spacial score (nSPS) is 11.9. The Morgan fingerprint density at radius 2 is 1.89 bits per heavy atom. The van der Waals surface area contributed by atoms with Crippen LogP contribution in [0.25, 0.3) is 5.69 Å². The third kappa shape index (κ3) is 3.25. The minimum atomic E-state index is -2.83. The van der Waals surface area contributed by atoms with Gasteiger partial charge in [0.25, 0.3) is 0 Å². The van der Waals surface area contributed by atoms with Crippen LogP contribution in [0, 0.1) is 0 Å². The largest absolute Gasteiger partial charge is 0.435 e. The number of hydrogen-bond donors (Lipinski definition) is 1. The standard InChI is InChI=1S/C12H14F2N4O/c1-12(2,15)10-7-18(17-16-10)8-3-5-9(6-4-8)19-11(13)14/h3-7,11H,15H2,1-2H3. The lowest BCUT2D eigenvalue weighted by atomic mass is 10.0. The Balaban J connectivity index is 2.20. The fourth-order valence-corrected chi connectivity index (χ4v) is 1.47. The van der Waals surface area contributed by atoms with Crippen LogP contribution in [0.1, 0.15) is 19.5 Å². The molecule has 2 N–H and O–H groups in total. The number of nitrogens with zero attached hydrogens (tertiary/aromatic N) is 3. The molecule has 0 bridgehead atoms. The van der Waals surface area contributed by atoms with E-state index in [1.54, 1.807) is 18.3 Å². The van der Waals surface area contributed by atoms with Gasteiger partial charge in [0.2, 0.25) is 0 Å². The third-order valence-electron chi connectivity index (χ3n) is 2.48. The van der Waals surface area contributed by atoms with Crippen LogP contribution < -0.4 is 10.5 Å². The first-order valence-corrected chi connectivity index (χ1v) is 5.63. The van der Waals surface area contributed by atoms with Gasteiger partial charge in [-0.15, -0.1) is 5.10 Å². The van der Waals surface area contributed by atoms with E-state index in [1.165, 1.54) is 16.8 Å². The number of nitrogens with two attached hydrogens (primary N) is 1. The summed E-state index contributed by atoms with van der Waals surface area (Å²) in [6, 6.07) is 6.10. The second kappa shape index (κ2) is 4.93. The zero-order chi connectivity index (χ0) is 14.0. The van der Waals surface area contributed by atoms with E-state index in [1.807, 2.05) is 13.8 Å². The highest BCUT2D eigenvalue weighted by Crippen LogP contribution is 2.18. The van der Waals surface area contributed by atoms with E-state index < -0.39 is 12.2 Å². The Labute approximate surface area is 109 Å². The molecule has 0 fully saturated rings. The van der Waals surface area contributed by atoms with Crippen molar-refractivity contribution in [1.29, 1.82) is 0 Å². The molecule has 0 aliphatic carbocycles. The number of alkyl halides is 2. The Hall–Kier alpha value is -2.02. The van der Waals surface area contributed by atoms with Crippen molar-refractivity contribution < 1.29 is 13.5 Å². The van der Waals surface area contributed by atoms with Crippen LogP contribution in [-0.2, 0) is 5.54 Å². The predicted octanol–water partition coefficient (Wildman–Crippen LogP) is 2.06. The molecule has 1 aromatic heterocycles. The van der Waals surface area contributed by atoms with Gasteiger partial charge in [-0.05, 0) is 38.1 Å². The van der Waals surface area contributed by atoms with E-state index in [9.17, 15) is 8.78 Å². The van der Waals surface area contributed by atoms with Crippen molar-refractivity contribution in [3.8, 4) is 11.4 Å². The number of benzene rings is 1. The SMILES string of the molecule is CC(C)(N)c1cn(-c2ccc(OC(F)F)cc2)nn1. The average molecular weight is 268 g/mol. The van der Waals surface area contributed by atoms with E-state index in [0.29, 0.717) is 11.4 Å². The Morgan fingerprint density at radius 3 is 2.37 bits per heavy atom. The summed E-state index contributed by atoms with van der Waals surface area (Å²) in [6.07, 6.45) is 1.70. The van der Waals surface area contributed by atoms with E-state index in [-0.39, 0.29) is 5.75 Å². The summed E-state index contributed by atoms with van der Waals surface area (Å²) in [5, 5.41) is 7.91. The van der Waals surface area contributed by atoms with Gasteiger partial charge in [0, 0.05) is 0 Å². The first-order valence-electron chi connectivity index (χ1n) is 5.63. The molecule has 5 nitrogen and oxygen atoms in total. The molecule has 7 heteroatoms. The molecule has 19 heavy (non-hydrogen) atoms. The lowest BCUT2D eigenvalue weighted by molar-refractivity contribution is -0.0498. The van der Waals surface area contributed by atoms with Crippen molar-refractivity contribution in [2.24, 2.45) is 5.73 Å². The summed E-state index contributed by atoms with van der Waals surface area (Å²) in [4.78, 5) is 0. The molecule has 0 spiro atoms. The molecule has 0 amide bonds.